The number of hydrogen-bond acceptors (Lipinski definition) is 0. The molecule has 88 valence electrons. The quantitative estimate of drug-likeness (QED) is 0.382. The zero-order valence-corrected chi connectivity index (χ0v) is 16.6. The third-order valence-corrected chi connectivity index (χ3v) is 1.17. The van der Waals surface area contributed by atoms with Crippen molar-refractivity contribution in [3.63, 3.8) is 0 Å². The van der Waals surface area contributed by atoms with Crippen LogP contribution < -0.4 is 0 Å². The second-order valence-electron chi connectivity index (χ2n) is 3.01. The summed E-state index contributed by atoms with van der Waals surface area (Å²) in [7, 11) is 0. The minimum Gasteiger partial charge on any atom is -0.273 e. The Balaban J connectivity index is -0.000000151. The van der Waals surface area contributed by atoms with Gasteiger partial charge < -0.3 is 0 Å². The molecule has 0 bridgehead atoms. The van der Waals surface area contributed by atoms with Crippen LogP contribution in [-0.2, 0) is 23.3 Å². The topological polar surface area (TPSA) is 0 Å². The summed E-state index contributed by atoms with van der Waals surface area (Å²) in [5, 5.41) is 0. The molecule has 0 amide bonds. The maximum atomic E-state index is 2.99. The molecule has 2 aliphatic rings. The van der Waals surface area contributed by atoms with Crippen LogP contribution in [0.3, 0.4) is 0 Å². The predicted molar refractivity (Wildman–Crippen MR) is 81.3 cm³/mol. The van der Waals surface area contributed by atoms with Crippen molar-refractivity contribution in [3.05, 3.63) is 48.6 Å². The molecule has 0 heterocycles. The number of rotatable bonds is 0. The van der Waals surface area contributed by atoms with Crippen molar-refractivity contribution in [2.45, 2.75) is 25.9 Å². The molecule has 0 unspecified atom stereocenters. The molecular weight excluding hydrogens is 423 g/mol. The van der Waals surface area contributed by atoms with Gasteiger partial charge in [-0.1, -0.05) is 0 Å². The molecule has 0 fully saturated rings. The van der Waals surface area contributed by atoms with Crippen LogP contribution in [0.1, 0.15) is 12.8 Å². The smallest absolute Gasteiger partial charge is 0.109 e. The summed E-state index contributed by atoms with van der Waals surface area (Å²) in [5.74, 6) is 0. The van der Waals surface area contributed by atoms with E-state index in [0.29, 0.717) is 0 Å². The molecule has 0 aromatic heterocycles. The molecule has 0 saturated carbocycles. The van der Waals surface area contributed by atoms with Crippen LogP contribution in [0.15, 0.2) is 36.5 Å². The van der Waals surface area contributed by atoms with E-state index in [-0.39, 0.29) is 39.4 Å². The largest absolute Gasteiger partial charge is 0.273 e. The molecular formula is C12H18Br2SiZr. The molecule has 4 heteroatoms. The normalized spacial score (nSPS) is 12.8. The summed E-state index contributed by atoms with van der Waals surface area (Å²) in [6, 6.07) is 0. The molecule has 0 radical (unpaired) electrons. The molecule has 0 N–H and O–H groups in total. The molecule has 0 nitrogen and oxygen atoms in total. The molecule has 0 aromatic carbocycles. The fraction of sp³-hybridized carbons (Fsp3) is 0.333. The fourth-order valence-corrected chi connectivity index (χ4v) is 0.680. The van der Waals surface area contributed by atoms with Crippen molar-refractivity contribution in [3.8, 4) is 0 Å². The fourth-order valence-electron chi connectivity index (χ4n) is 0.680. The average Bonchev–Trinajstić information content (AvgIpc) is 2.83. The first-order valence-corrected chi connectivity index (χ1v) is 10.9. The van der Waals surface area contributed by atoms with Crippen molar-refractivity contribution < 1.29 is 23.3 Å². The zero-order valence-electron chi connectivity index (χ0n) is 9.69. The van der Waals surface area contributed by atoms with E-state index in [1.54, 1.807) is 23.3 Å². The van der Waals surface area contributed by atoms with E-state index in [1.807, 2.05) is 24.3 Å². The van der Waals surface area contributed by atoms with Crippen LogP contribution in [-0.4, -0.2) is 5.43 Å². The van der Waals surface area contributed by atoms with Gasteiger partial charge in [-0.15, -0.1) is 46.8 Å². The van der Waals surface area contributed by atoms with Gasteiger partial charge in [-0.3, -0.25) is 12.2 Å². The van der Waals surface area contributed by atoms with Gasteiger partial charge in [0.2, 0.25) is 0 Å². The Morgan fingerprint density at radius 2 is 1.25 bits per heavy atom. The standard InChI is InChI=1S/2C5H5.C2H6Si.2BrH.Zr/c2*1-2-4-5-3-1;1-3-2;;;/h2*1-3H,4H2;1-2H3;2*1H;/q2*-1;;;;+2. The van der Waals surface area contributed by atoms with Crippen molar-refractivity contribution >= 4 is 39.4 Å². The van der Waals surface area contributed by atoms with E-state index in [1.165, 1.54) is 0 Å². The molecule has 0 saturated heterocycles. The average molecular weight is 441 g/mol. The van der Waals surface area contributed by atoms with Gasteiger partial charge in [-0.25, -0.2) is 24.3 Å². The van der Waals surface area contributed by atoms with Gasteiger partial charge in [0.05, 0.1) is 0 Å². The minimum absolute atomic E-state index is 0. The van der Waals surface area contributed by atoms with Gasteiger partial charge in [0.25, 0.3) is 0 Å². The first-order chi connectivity index (χ1) is 6.73. The SMILES string of the molecule is Br.Br.C[Si](C)=[Zr+2].[C-]1=CC=CC1.[C-]1=CC=CC1. The molecule has 0 atom stereocenters. The molecule has 2 aliphatic carbocycles. The van der Waals surface area contributed by atoms with Gasteiger partial charge in [-0.05, 0) is 0 Å². The first-order valence-electron chi connectivity index (χ1n) is 4.68. The van der Waals surface area contributed by atoms with E-state index < -0.39 is 0 Å². The first kappa shape index (κ1) is 22.2. The van der Waals surface area contributed by atoms with E-state index in [4.69, 9.17) is 0 Å². The Bertz CT molecular complexity index is 222. The van der Waals surface area contributed by atoms with Gasteiger partial charge in [-0.2, -0.15) is 12.2 Å². The van der Waals surface area contributed by atoms with Crippen molar-refractivity contribution in [2.24, 2.45) is 0 Å². The molecule has 0 spiro atoms. The van der Waals surface area contributed by atoms with E-state index in [2.05, 4.69) is 37.4 Å². The van der Waals surface area contributed by atoms with Crippen LogP contribution in [0.5, 0.6) is 0 Å². The Kier molecular flexibility index (Phi) is 25.5. The van der Waals surface area contributed by atoms with Gasteiger partial charge >= 0.3 is 41.9 Å². The van der Waals surface area contributed by atoms with Crippen molar-refractivity contribution in [1.29, 1.82) is 0 Å². The van der Waals surface area contributed by atoms with Crippen LogP contribution in [0.4, 0.5) is 0 Å². The summed E-state index contributed by atoms with van der Waals surface area (Å²) in [6.07, 6.45) is 20.0. The van der Waals surface area contributed by atoms with Gasteiger partial charge in [0.1, 0.15) is 0 Å². The number of allylic oxidation sites excluding steroid dienone is 8. The predicted octanol–water partition coefficient (Wildman–Crippen LogP) is 4.55. The van der Waals surface area contributed by atoms with Crippen LogP contribution in [0.25, 0.3) is 0 Å². The van der Waals surface area contributed by atoms with E-state index in [9.17, 15) is 0 Å². The summed E-state index contributed by atoms with van der Waals surface area (Å²) >= 11 is 1.74. The zero-order chi connectivity index (χ0) is 10.6. The van der Waals surface area contributed by atoms with Crippen LogP contribution >= 0.6 is 34.0 Å². The third-order valence-electron chi connectivity index (χ3n) is 1.17. The minimum atomic E-state index is 0. The summed E-state index contributed by atoms with van der Waals surface area (Å²) in [6.45, 7) is 4.62. The monoisotopic (exact) mass is 438 g/mol. The molecule has 0 aromatic rings. The Labute approximate surface area is 136 Å². The Hall–Kier alpha value is 1.02. The Morgan fingerprint density at radius 1 is 0.938 bits per heavy atom. The number of halogens is 2. The van der Waals surface area contributed by atoms with Crippen LogP contribution in [0, 0.1) is 12.2 Å². The van der Waals surface area contributed by atoms with Gasteiger partial charge in [0, 0.05) is 0 Å². The summed E-state index contributed by atoms with van der Waals surface area (Å²) in [4.78, 5) is 0. The second-order valence-corrected chi connectivity index (χ2v) is 12.4. The van der Waals surface area contributed by atoms with Crippen molar-refractivity contribution in [1.82, 2.24) is 0 Å². The molecule has 2 rings (SSSR count). The third kappa shape index (κ3) is 24.3. The molecule has 16 heavy (non-hydrogen) atoms. The second kappa shape index (κ2) is 18.4. The van der Waals surface area contributed by atoms with Gasteiger partial charge in [0.15, 0.2) is 0 Å². The summed E-state index contributed by atoms with van der Waals surface area (Å²) in [5.41, 5.74) is 0.210. The maximum Gasteiger partial charge on any atom is -0.109 e. The van der Waals surface area contributed by atoms with Crippen LogP contribution in [0.2, 0.25) is 13.1 Å². The van der Waals surface area contributed by atoms with E-state index >= 15 is 0 Å². The van der Waals surface area contributed by atoms with Crippen molar-refractivity contribution in [2.75, 3.05) is 0 Å². The number of hydrogen-bond donors (Lipinski definition) is 0. The molecule has 0 aliphatic heterocycles. The maximum absolute atomic E-state index is 2.99. The summed E-state index contributed by atoms with van der Waals surface area (Å²) < 4.78 is 0. The Morgan fingerprint density at radius 3 is 1.31 bits per heavy atom. The van der Waals surface area contributed by atoms with E-state index in [0.717, 1.165) is 12.8 Å².